The molecule has 0 spiro atoms. The zero-order valence-corrected chi connectivity index (χ0v) is 14.2. The van der Waals surface area contributed by atoms with Crippen LogP contribution in [0.5, 0.6) is 0 Å². The highest BCUT2D eigenvalue weighted by Crippen LogP contribution is 2.19. The molecule has 0 atom stereocenters. The van der Waals surface area contributed by atoms with E-state index in [4.69, 9.17) is 4.52 Å². The van der Waals surface area contributed by atoms with Gasteiger partial charge in [-0.2, -0.15) is 4.98 Å². The molecular weight excluding hydrogens is 292 g/mol. The summed E-state index contributed by atoms with van der Waals surface area (Å²) < 4.78 is 5.23. The second-order valence-electron chi connectivity index (χ2n) is 6.73. The van der Waals surface area contributed by atoms with E-state index in [0.29, 0.717) is 37.5 Å². The van der Waals surface area contributed by atoms with Crippen LogP contribution < -0.4 is 0 Å². The average molecular weight is 316 g/mol. The number of nitrogens with zero attached hydrogens (tertiary/aromatic N) is 4. The largest absolute Gasteiger partial charge is 0.341 e. The van der Waals surface area contributed by atoms with Crippen molar-refractivity contribution in [1.29, 1.82) is 0 Å². The molecule has 2 aromatic rings. The minimum atomic E-state index is -0.124. The molecule has 6 heteroatoms. The van der Waals surface area contributed by atoms with Crippen LogP contribution in [0.2, 0.25) is 0 Å². The fourth-order valence-corrected chi connectivity index (χ4v) is 2.10. The molecule has 2 aromatic heterocycles. The van der Waals surface area contributed by atoms with Gasteiger partial charge in [-0.05, 0) is 18.1 Å². The van der Waals surface area contributed by atoms with Gasteiger partial charge in [0.05, 0.1) is 0 Å². The summed E-state index contributed by atoms with van der Waals surface area (Å²) in [6, 6.07) is 3.83. The summed E-state index contributed by atoms with van der Waals surface area (Å²) in [6.07, 6.45) is 5.28. The second kappa shape index (κ2) is 7.35. The van der Waals surface area contributed by atoms with Crippen molar-refractivity contribution in [1.82, 2.24) is 20.0 Å². The summed E-state index contributed by atoms with van der Waals surface area (Å²) in [5.41, 5.74) is 0.900. The van der Waals surface area contributed by atoms with Crippen LogP contribution in [0.25, 0.3) is 0 Å². The third-order valence-corrected chi connectivity index (χ3v) is 3.49. The standard InChI is InChI=1S/C17H24N4O2/c1-17(2,3)16-19-14(23-20-16)8-5-9-15(22)21(4)12-13-7-6-10-18-11-13/h6-7,10-11H,5,8-9,12H2,1-4H3. The minimum absolute atomic E-state index is 0.101. The molecule has 0 aromatic carbocycles. The molecule has 0 aliphatic rings. The van der Waals surface area contributed by atoms with Crippen LogP contribution in [0.4, 0.5) is 0 Å². The van der Waals surface area contributed by atoms with Crippen molar-refractivity contribution in [2.24, 2.45) is 0 Å². The zero-order valence-electron chi connectivity index (χ0n) is 14.2. The molecule has 0 N–H and O–H groups in total. The number of rotatable bonds is 6. The molecular formula is C17H24N4O2. The fraction of sp³-hybridized carbons (Fsp3) is 0.529. The maximum Gasteiger partial charge on any atom is 0.226 e. The van der Waals surface area contributed by atoms with Gasteiger partial charge in [-0.3, -0.25) is 9.78 Å². The summed E-state index contributed by atoms with van der Waals surface area (Å²) in [7, 11) is 1.81. The number of hydrogen-bond acceptors (Lipinski definition) is 5. The second-order valence-corrected chi connectivity index (χ2v) is 6.73. The summed E-state index contributed by atoms with van der Waals surface area (Å²) in [5.74, 6) is 1.40. The molecule has 0 saturated carbocycles. The Morgan fingerprint density at radius 2 is 2.13 bits per heavy atom. The quantitative estimate of drug-likeness (QED) is 0.819. The van der Waals surface area contributed by atoms with Crippen molar-refractivity contribution in [3.05, 3.63) is 41.8 Å². The summed E-state index contributed by atoms with van der Waals surface area (Å²) in [5, 5.41) is 3.99. The predicted molar refractivity (Wildman–Crippen MR) is 86.6 cm³/mol. The monoisotopic (exact) mass is 316 g/mol. The zero-order chi connectivity index (χ0) is 16.9. The molecule has 124 valence electrons. The van der Waals surface area contributed by atoms with Gasteiger partial charge in [-0.15, -0.1) is 0 Å². The average Bonchev–Trinajstić information content (AvgIpc) is 2.97. The number of pyridine rings is 1. The number of aryl methyl sites for hydroxylation is 1. The maximum atomic E-state index is 12.1. The highest BCUT2D eigenvalue weighted by molar-refractivity contribution is 5.75. The SMILES string of the molecule is CN(Cc1cccnc1)C(=O)CCCc1nc(C(C)(C)C)no1. The lowest BCUT2D eigenvalue weighted by Gasteiger charge is -2.16. The van der Waals surface area contributed by atoms with Crippen molar-refractivity contribution in [2.75, 3.05) is 7.05 Å². The first-order valence-electron chi connectivity index (χ1n) is 7.82. The number of carbonyl (C=O) groups is 1. The molecule has 2 heterocycles. The molecule has 0 aliphatic carbocycles. The topological polar surface area (TPSA) is 72.1 Å². The van der Waals surface area contributed by atoms with E-state index >= 15 is 0 Å². The highest BCUT2D eigenvalue weighted by atomic mass is 16.5. The van der Waals surface area contributed by atoms with Gasteiger partial charge in [0.15, 0.2) is 5.82 Å². The highest BCUT2D eigenvalue weighted by Gasteiger charge is 2.20. The van der Waals surface area contributed by atoms with Crippen LogP contribution in [-0.4, -0.2) is 33.0 Å². The van der Waals surface area contributed by atoms with Crippen LogP contribution in [0.3, 0.4) is 0 Å². The van der Waals surface area contributed by atoms with Gasteiger partial charge in [-0.1, -0.05) is 32.0 Å². The van der Waals surface area contributed by atoms with Gasteiger partial charge >= 0.3 is 0 Å². The summed E-state index contributed by atoms with van der Waals surface area (Å²) >= 11 is 0. The van der Waals surface area contributed by atoms with E-state index in [2.05, 4.69) is 15.1 Å². The van der Waals surface area contributed by atoms with E-state index in [1.807, 2.05) is 32.9 Å². The smallest absolute Gasteiger partial charge is 0.226 e. The molecule has 0 radical (unpaired) electrons. The molecule has 0 bridgehead atoms. The lowest BCUT2D eigenvalue weighted by atomic mass is 9.96. The Morgan fingerprint density at radius 1 is 1.35 bits per heavy atom. The van der Waals surface area contributed by atoms with Gasteiger partial charge in [0, 0.05) is 44.2 Å². The number of carbonyl (C=O) groups excluding carboxylic acids is 1. The van der Waals surface area contributed by atoms with Crippen molar-refractivity contribution in [2.45, 2.75) is 52.0 Å². The van der Waals surface area contributed by atoms with Gasteiger partial charge in [0.25, 0.3) is 0 Å². The van der Waals surface area contributed by atoms with E-state index in [9.17, 15) is 4.79 Å². The van der Waals surface area contributed by atoms with E-state index in [-0.39, 0.29) is 11.3 Å². The molecule has 2 rings (SSSR count). The van der Waals surface area contributed by atoms with Crippen LogP contribution in [0.15, 0.2) is 29.0 Å². The Balaban J connectivity index is 1.77. The van der Waals surface area contributed by atoms with Gasteiger partial charge in [0.2, 0.25) is 11.8 Å². The Hall–Kier alpha value is -2.24. The fourth-order valence-electron chi connectivity index (χ4n) is 2.10. The van der Waals surface area contributed by atoms with E-state index < -0.39 is 0 Å². The van der Waals surface area contributed by atoms with Crippen LogP contribution >= 0.6 is 0 Å². The Kier molecular flexibility index (Phi) is 5.47. The third kappa shape index (κ3) is 5.16. The normalized spacial score (nSPS) is 11.5. The number of amides is 1. The van der Waals surface area contributed by atoms with Crippen molar-refractivity contribution in [3.8, 4) is 0 Å². The lowest BCUT2D eigenvalue weighted by Crippen LogP contribution is -2.26. The van der Waals surface area contributed by atoms with Crippen LogP contribution in [0.1, 0.15) is 50.9 Å². The van der Waals surface area contributed by atoms with Crippen LogP contribution in [0, 0.1) is 0 Å². The van der Waals surface area contributed by atoms with Gasteiger partial charge in [0.1, 0.15) is 0 Å². The molecule has 0 fully saturated rings. The van der Waals surface area contributed by atoms with E-state index in [1.165, 1.54) is 0 Å². The molecule has 6 nitrogen and oxygen atoms in total. The predicted octanol–water partition coefficient (Wildman–Crippen LogP) is 2.74. The van der Waals surface area contributed by atoms with Crippen molar-refractivity contribution >= 4 is 5.91 Å². The molecule has 0 unspecified atom stereocenters. The van der Waals surface area contributed by atoms with E-state index in [0.717, 1.165) is 5.56 Å². The maximum absolute atomic E-state index is 12.1. The summed E-state index contributed by atoms with van der Waals surface area (Å²) in [6.45, 7) is 6.69. The first kappa shape index (κ1) is 17.1. The Bertz CT molecular complexity index is 632. The van der Waals surface area contributed by atoms with E-state index in [1.54, 1.807) is 24.3 Å². The Labute approximate surface area is 136 Å². The van der Waals surface area contributed by atoms with Gasteiger partial charge < -0.3 is 9.42 Å². The third-order valence-electron chi connectivity index (χ3n) is 3.49. The van der Waals surface area contributed by atoms with Crippen LogP contribution in [-0.2, 0) is 23.2 Å². The molecule has 23 heavy (non-hydrogen) atoms. The first-order chi connectivity index (χ1) is 10.9. The first-order valence-corrected chi connectivity index (χ1v) is 7.82. The van der Waals surface area contributed by atoms with Crippen molar-refractivity contribution < 1.29 is 9.32 Å². The molecule has 1 amide bonds. The minimum Gasteiger partial charge on any atom is -0.341 e. The van der Waals surface area contributed by atoms with Crippen molar-refractivity contribution in [3.63, 3.8) is 0 Å². The number of aromatic nitrogens is 3. The van der Waals surface area contributed by atoms with Gasteiger partial charge in [-0.25, -0.2) is 0 Å². The lowest BCUT2D eigenvalue weighted by molar-refractivity contribution is -0.130. The molecule has 0 saturated heterocycles. The molecule has 0 aliphatic heterocycles. The number of hydrogen-bond donors (Lipinski definition) is 0. The summed E-state index contributed by atoms with van der Waals surface area (Å²) in [4.78, 5) is 22.3. The Morgan fingerprint density at radius 3 is 2.74 bits per heavy atom.